The van der Waals surface area contributed by atoms with Crippen molar-refractivity contribution in [1.82, 2.24) is 25.1 Å². The molecule has 0 aliphatic carbocycles. The van der Waals surface area contributed by atoms with Gasteiger partial charge in [-0.2, -0.15) is 0 Å². The first kappa shape index (κ1) is 59.9. The van der Waals surface area contributed by atoms with Gasteiger partial charge in [-0.15, -0.1) is 0 Å². The average molecular weight is 1040 g/mol. The molecule has 72 heavy (non-hydrogen) atoms. The quantitative estimate of drug-likeness (QED) is 0.0428. The van der Waals surface area contributed by atoms with Crippen LogP contribution in [-0.4, -0.2) is 122 Å². The van der Waals surface area contributed by atoms with Gasteiger partial charge in [0.25, 0.3) is 5.56 Å². The van der Waals surface area contributed by atoms with E-state index in [0.717, 1.165) is 10.1 Å². The number of nitrogens with one attached hydrogen (secondary N) is 3. The number of aliphatic hydroxyl groups excluding tert-OH is 2. The van der Waals surface area contributed by atoms with Gasteiger partial charge < -0.3 is 54.0 Å². The molecule has 1 fully saturated rings. The highest BCUT2D eigenvalue weighted by Gasteiger charge is 2.58. The molecule has 1 unspecified atom stereocenters. The molecule has 4 rings (SSSR count). The van der Waals surface area contributed by atoms with Gasteiger partial charge in [0.1, 0.15) is 54.5 Å². The molecule has 0 bridgehead atoms. The number of rotatable bonds is 22. The minimum atomic E-state index is -2.78. The number of amides is 2. The lowest BCUT2D eigenvalue weighted by Gasteiger charge is -2.44. The molecule has 18 nitrogen and oxygen atoms in total. The summed E-state index contributed by atoms with van der Waals surface area (Å²) in [7, 11) is -4.00. The van der Waals surface area contributed by atoms with Gasteiger partial charge in [0, 0.05) is 18.8 Å². The topological polar surface area (TPSA) is 227 Å². The number of nitrogens with zero attached hydrogens (tertiary/aromatic N) is 2. The fourth-order valence-corrected chi connectivity index (χ4v) is 9.98. The van der Waals surface area contributed by atoms with E-state index >= 15 is 0 Å². The number of hydrogen-bond acceptors (Lipinski definition) is 14. The molecule has 0 radical (unpaired) electrons. The Morgan fingerprint density at radius 3 is 1.90 bits per heavy atom. The van der Waals surface area contributed by atoms with E-state index in [9.17, 15) is 34.2 Å². The summed E-state index contributed by atoms with van der Waals surface area (Å²) in [5.74, 6) is -1.22. The van der Waals surface area contributed by atoms with Crippen LogP contribution in [-0.2, 0) is 45.8 Å². The van der Waals surface area contributed by atoms with E-state index in [4.69, 9.17) is 27.8 Å². The van der Waals surface area contributed by atoms with Crippen molar-refractivity contribution in [2.45, 2.75) is 186 Å². The smallest absolute Gasteiger partial charge is 0.408 e. The normalized spacial score (nSPS) is 19.5. The maximum atomic E-state index is 14.7. The molecule has 1 saturated heterocycles. The molecule has 3 aromatic rings. The van der Waals surface area contributed by atoms with E-state index in [-0.39, 0.29) is 42.7 Å². The Morgan fingerprint density at radius 1 is 0.778 bits per heavy atom. The number of alkyl carbamates (subject to hydrolysis) is 1. The van der Waals surface area contributed by atoms with Crippen LogP contribution in [0.5, 0.6) is 5.75 Å². The number of hydrogen-bond donors (Lipinski definition) is 5. The van der Waals surface area contributed by atoms with E-state index in [1.807, 2.05) is 18.2 Å². The predicted octanol–water partition coefficient (Wildman–Crippen LogP) is 6.22. The highest BCUT2D eigenvalue weighted by molar-refractivity contribution is 6.74. The molecule has 2 aromatic carbocycles. The number of carbonyl (C=O) groups excluding carboxylic acids is 3. The highest BCUT2D eigenvalue weighted by atomic mass is 28.4. The fraction of sp³-hybridized carbons (Fsp3) is 0.635. The number of methoxy groups -OCH3 is 1. The zero-order valence-corrected chi connectivity index (χ0v) is 47.4. The Labute approximate surface area is 427 Å². The standard InChI is InChI=1S/C52H83N5O13Si2/c1-33(2)40(59)38(55-48(63)66-32-35-21-18-17-19-22-35)45(61)54-29-20-28-53-39(47(62)68-50(3,4)5)41(60)42-43(69-71(13,14)51(6,7)8)44(70-72(15,16)52(9,10)11)46(67-42)56-30-27-37(58)57(49(56)64)31-34-23-25-36(65-12)26-24-34/h17-19,21-27,30,33,38-44,46,53,59-60H,20,28-29,31-32H2,1-16H3,(H,54,61)(H,55,63)/t38-,39-,40-,41-,42?,43+,44+,46+/m0/s1. The van der Waals surface area contributed by atoms with Crippen molar-refractivity contribution in [1.29, 1.82) is 0 Å². The van der Waals surface area contributed by atoms with Gasteiger partial charge in [0.15, 0.2) is 22.9 Å². The lowest BCUT2D eigenvalue weighted by atomic mass is 9.99. The molecule has 1 aliphatic heterocycles. The molecule has 5 N–H and O–H groups in total. The van der Waals surface area contributed by atoms with Crippen molar-refractivity contribution >= 4 is 34.6 Å². The molecule has 1 aromatic heterocycles. The molecular weight excluding hydrogens is 959 g/mol. The summed E-state index contributed by atoms with van der Waals surface area (Å²) in [4.78, 5) is 68.7. The summed E-state index contributed by atoms with van der Waals surface area (Å²) >= 11 is 0. The zero-order chi connectivity index (χ0) is 54.1. The lowest BCUT2D eigenvalue weighted by molar-refractivity contribution is -0.166. The van der Waals surface area contributed by atoms with Crippen molar-refractivity contribution < 1.29 is 52.4 Å². The van der Waals surface area contributed by atoms with Crippen LogP contribution in [0.25, 0.3) is 0 Å². The maximum Gasteiger partial charge on any atom is 0.408 e. The van der Waals surface area contributed by atoms with Gasteiger partial charge in [-0.1, -0.05) is 97.9 Å². The van der Waals surface area contributed by atoms with Crippen LogP contribution >= 0.6 is 0 Å². The van der Waals surface area contributed by atoms with Gasteiger partial charge >= 0.3 is 17.8 Å². The molecule has 1 aliphatic rings. The minimum Gasteiger partial charge on any atom is -0.497 e. The molecule has 2 heterocycles. The second-order valence-corrected chi connectivity index (χ2v) is 32.5. The third-order valence-electron chi connectivity index (χ3n) is 13.7. The third kappa shape index (κ3) is 15.9. The SMILES string of the molecule is COc1ccc(Cn2c(=O)ccn([C@@H]3OC([C@@H](O)[C@H](NCCCNC(=O)[C@@H](NC(=O)OCc4ccccc4)[C@@H](O)C(C)C)C(=O)OC(C)(C)C)[C@@H](O[Si](C)(C)C(C)(C)C)[C@H]3O[Si](C)(C)C(C)(C)C)c2=O)cc1. The Balaban J connectivity index is 1.70. The predicted molar refractivity (Wildman–Crippen MR) is 281 cm³/mol. The van der Waals surface area contributed by atoms with Crippen molar-refractivity contribution in [2.24, 2.45) is 5.92 Å². The van der Waals surface area contributed by atoms with Gasteiger partial charge in [-0.3, -0.25) is 23.5 Å². The van der Waals surface area contributed by atoms with Crippen molar-refractivity contribution in [2.75, 3.05) is 20.2 Å². The zero-order valence-electron chi connectivity index (χ0n) is 45.4. The number of aromatic nitrogens is 2. The van der Waals surface area contributed by atoms with Crippen LogP contribution in [0.15, 0.2) is 76.4 Å². The van der Waals surface area contributed by atoms with Gasteiger partial charge in [-0.05, 0) is 99.2 Å². The second kappa shape index (κ2) is 24.6. The molecule has 0 saturated carbocycles. The number of aliphatic hydroxyl groups is 2. The summed E-state index contributed by atoms with van der Waals surface area (Å²) in [6, 6.07) is 14.6. The minimum absolute atomic E-state index is 0.0342. The van der Waals surface area contributed by atoms with E-state index in [1.54, 1.807) is 78.1 Å². The molecule has 8 atom stereocenters. The molecule has 2 amide bonds. The Kier molecular flexibility index (Phi) is 20.4. The summed E-state index contributed by atoms with van der Waals surface area (Å²) in [5, 5.41) is 31.4. The van der Waals surface area contributed by atoms with E-state index < -0.39 is 106 Å². The summed E-state index contributed by atoms with van der Waals surface area (Å²) in [6.07, 6.45) is -6.80. The lowest BCUT2D eigenvalue weighted by Crippen LogP contribution is -2.59. The molecular formula is C52H83N5O13Si2. The van der Waals surface area contributed by atoms with E-state index in [0.29, 0.717) is 11.3 Å². The second-order valence-electron chi connectivity index (χ2n) is 23.0. The Bertz CT molecular complexity index is 2370. The summed E-state index contributed by atoms with van der Waals surface area (Å²) < 4.78 is 40.2. The Hall–Kier alpha value is -4.68. The average Bonchev–Trinajstić information content (AvgIpc) is 3.61. The van der Waals surface area contributed by atoms with Crippen molar-refractivity contribution in [3.63, 3.8) is 0 Å². The van der Waals surface area contributed by atoms with E-state index in [1.165, 1.54) is 16.8 Å². The largest absolute Gasteiger partial charge is 0.497 e. The van der Waals surface area contributed by atoms with Gasteiger partial charge in [0.2, 0.25) is 5.91 Å². The van der Waals surface area contributed by atoms with Crippen LogP contribution in [0, 0.1) is 5.92 Å². The van der Waals surface area contributed by atoms with Crippen molar-refractivity contribution in [3.05, 3.63) is 98.8 Å². The summed E-state index contributed by atoms with van der Waals surface area (Å²) in [5.41, 5.74) is -0.762. The van der Waals surface area contributed by atoms with E-state index in [2.05, 4.69) is 83.7 Å². The van der Waals surface area contributed by atoms with Crippen LogP contribution < -0.4 is 31.9 Å². The van der Waals surface area contributed by atoms with Crippen molar-refractivity contribution in [3.8, 4) is 5.75 Å². The van der Waals surface area contributed by atoms with Crippen LogP contribution in [0.2, 0.25) is 36.3 Å². The molecule has 402 valence electrons. The fourth-order valence-electron chi connectivity index (χ4n) is 7.39. The first-order chi connectivity index (χ1) is 33.3. The van der Waals surface area contributed by atoms with Crippen LogP contribution in [0.1, 0.15) is 99.9 Å². The first-order valence-corrected chi connectivity index (χ1v) is 30.6. The van der Waals surface area contributed by atoms with Crippen LogP contribution in [0.4, 0.5) is 4.79 Å². The first-order valence-electron chi connectivity index (χ1n) is 24.8. The maximum absolute atomic E-state index is 14.7. The third-order valence-corrected chi connectivity index (χ3v) is 22.7. The van der Waals surface area contributed by atoms with Gasteiger partial charge in [-0.25, -0.2) is 9.59 Å². The monoisotopic (exact) mass is 1040 g/mol. The Morgan fingerprint density at radius 2 is 1.36 bits per heavy atom. The number of ether oxygens (including phenoxy) is 4. The molecule has 20 heteroatoms. The van der Waals surface area contributed by atoms with Gasteiger partial charge in [0.05, 0.1) is 19.8 Å². The number of carbonyl (C=O) groups is 3. The molecule has 0 spiro atoms. The number of benzene rings is 2. The summed E-state index contributed by atoms with van der Waals surface area (Å²) in [6.45, 7) is 29.3. The highest BCUT2D eigenvalue weighted by Crippen LogP contribution is 2.46. The number of esters is 1. The van der Waals surface area contributed by atoms with Crippen LogP contribution in [0.3, 0.4) is 0 Å².